The van der Waals surface area contributed by atoms with E-state index >= 15 is 0 Å². The normalized spacial score (nSPS) is 10.7. The summed E-state index contributed by atoms with van der Waals surface area (Å²) < 4.78 is 0. The molecule has 0 fully saturated rings. The number of carbonyl (C=O) groups is 1. The summed E-state index contributed by atoms with van der Waals surface area (Å²) in [6, 6.07) is 0. The largest absolute Gasteiger partial charge is 0.403 e. The fourth-order valence-electron chi connectivity index (χ4n) is 2.49. The monoisotopic (exact) mass is 281 g/mol. The van der Waals surface area contributed by atoms with Crippen LogP contribution < -0.4 is 5.73 Å². The Bertz CT molecular complexity index is 222. The molecule has 0 aromatic rings. The van der Waals surface area contributed by atoms with Gasteiger partial charge in [0.05, 0.1) is 0 Å². The first kappa shape index (κ1) is 19.2. The quantitative estimate of drug-likeness (QED) is 0.402. The van der Waals surface area contributed by atoms with Crippen molar-refractivity contribution in [3.8, 4) is 0 Å². The zero-order valence-electron chi connectivity index (χ0n) is 13.6. The highest BCUT2D eigenvalue weighted by Crippen LogP contribution is 2.13. The Hall–Kier alpha value is -0.790. The molecule has 0 amide bonds. The molecule has 0 aliphatic heterocycles. The van der Waals surface area contributed by atoms with Gasteiger partial charge in [-0.3, -0.25) is 0 Å². The van der Waals surface area contributed by atoms with E-state index in [1.807, 2.05) is 0 Å². The van der Waals surface area contributed by atoms with E-state index in [2.05, 4.69) is 6.58 Å². The molecule has 0 rings (SSSR count). The lowest BCUT2D eigenvalue weighted by Crippen LogP contribution is -1.93. The van der Waals surface area contributed by atoms with Gasteiger partial charge in [-0.05, 0) is 26.2 Å². The minimum absolute atomic E-state index is 0.334. The van der Waals surface area contributed by atoms with Crippen molar-refractivity contribution in [2.24, 2.45) is 5.73 Å². The molecule has 2 nitrogen and oxygen atoms in total. The molecular weight excluding hydrogens is 246 g/mol. The van der Waals surface area contributed by atoms with Crippen LogP contribution in [0.2, 0.25) is 0 Å². The van der Waals surface area contributed by atoms with Gasteiger partial charge in [0.15, 0.2) is 0 Å². The van der Waals surface area contributed by atoms with Crippen molar-refractivity contribution in [3.63, 3.8) is 0 Å². The lowest BCUT2D eigenvalue weighted by molar-refractivity contribution is -0.117. The van der Waals surface area contributed by atoms with Gasteiger partial charge in [-0.2, -0.15) is 0 Å². The van der Waals surface area contributed by atoms with Crippen molar-refractivity contribution in [1.82, 2.24) is 0 Å². The first-order valence-electron chi connectivity index (χ1n) is 8.55. The van der Waals surface area contributed by atoms with Crippen LogP contribution in [-0.2, 0) is 4.79 Å². The predicted octanol–water partition coefficient (Wildman–Crippen LogP) is 5.51. The number of nitrogens with two attached hydrogens (primary N) is 1. The summed E-state index contributed by atoms with van der Waals surface area (Å²) in [7, 11) is 0. The van der Waals surface area contributed by atoms with Gasteiger partial charge < -0.3 is 10.5 Å². The van der Waals surface area contributed by atoms with Gasteiger partial charge in [0.1, 0.15) is 5.78 Å². The second-order valence-electron chi connectivity index (χ2n) is 6.10. The number of allylic oxidation sites excluding steroid dienone is 1. The molecule has 0 saturated heterocycles. The fourth-order valence-corrected chi connectivity index (χ4v) is 2.49. The highest BCUT2D eigenvalue weighted by atomic mass is 16.1. The van der Waals surface area contributed by atoms with Crippen LogP contribution in [0.15, 0.2) is 12.3 Å². The maximum absolute atomic E-state index is 10.8. The lowest BCUT2D eigenvalue weighted by atomic mass is 10.0. The summed E-state index contributed by atoms with van der Waals surface area (Å²) in [4.78, 5) is 10.8. The fraction of sp³-hybridized carbons (Fsp3) is 0.833. The molecule has 0 aliphatic rings. The van der Waals surface area contributed by atoms with Gasteiger partial charge in [0.2, 0.25) is 0 Å². The number of rotatable bonds is 15. The van der Waals surface area contributed by atoms with Crippen molar-refractivity contribution in [1.29, 1.82) is 0 Å². The summed E-state index contributed by atoms with van der Waals surface area (Å²) in [5.74, 6) is 0.334. The Balaban J connectivity index is 2.99. The SMILES string of the molecule is C=C(N)CCCCCCCCCCCCCCC(C)=O. The molecule has 0 unspecified atom stereocenters. The second-order valence-corrected chi connectivity index (χ2v) is 6.10. The summed E-state index contributed by atoms with van der Waals surface area (Å²) in [6.45, 7) is 5.41. The molecule has 0 bridgehead atoms. The first-order chi connectivity index (χ1) is 9.63. The van der Waals surface area contributed by atoms with E-state index in [4.69, 9.17) is 5.73 Å². The minimum atomic E-state index is 0.334. The first-order valence-corrected chi connectivity index (χ1v) is 8.55. The van der Waals surface area contributed by atoms with Crippen molar-refractivity contribution >= 4 is 5.78 Å². The molecule has 2 heteroatoms. The zero-order valence-corrected chi connectivity index (χ0v) is 13.6. The molecule has 118 valence electrons. The number of unbranched alkanes of at least 4 members (excludes halogenated alkanes) is 11. The second kappa shape index (κ2) is 14.6. The van der Waals surface area contributed by atoms with E-state index in [-0.39, 0.29) is 0 Å². The van der Waals surface area contributed by atoms with Crippen LogP contribution in [0.1, 0.15) is 96.8 Å². The maximum atomic E-state index is 10.8. The van der Waals surface area contributed by atoms with Crippen LogP contribution in [0.5, 0.6) is 0 Å². The standard InChI is InChI=1S/C18H35NO/c1-17(19)15-13-11-9-7-5-3-4-6-8-10-12-14-16-18(2)20/h1,3-16,19H2,2H3. The molecule has 0 atom stereocenters. The van der Waals surface area contributed by atoms with Gasteiger partial charge in [-0.1, -0.05) is 70.8 Å². The predicted molar refractivity (Wildman–Crippen MR) is 88.6 cm³/mol. The lowest BCUT2D eigenvalue weighted by Gasteiger charge is -2.03. The number of carbonyl (C=O) groups excluding carboxylic acids is 1. The molecule has 0 aliphatic carbocycles. The highest BCUT2D eigenvalue weighted by molar-refractivity contribution is 5.75. The number of hydrogen-bond donors (Lipinski definition) is 1. The third-order valence-corrected chi connectivity index (χ3v) is 3.78. The number of Topliss-reactive ketones (excluding diaryl/α,β-unsaturated/α-hetero) is 1. The van der Waals surface area contributed by atoms with Crippen LogP contribution in [-0.4, -0.2) is 5.78 Å². The summed E-state index contributed by atoms with van der Waals surface area (Å²) in [6.07, 6.45) is 17.5. The average Bonchev–Trinajstić information content (AvgIpc) is 2.38. The molecule has 2 N–H and O–H groups in total. The maximum Gasteiger partial charge on any atom is 0.129 e. The summed E-state index contributed by atoms with van der Waals surface area (Å²) in [5, 5.41) is 0. The molecule has 0 radical (unpaired) electrons. The van der Waals surface area contributed by atoms with Gasteiger partial charge in [-0.15, -0.1) is 0 Å². The Morgan fingerprint density at radius 1 is 0.700 bits per heavy atom. The molecule has 0 aromatic carbocycles. The van der Waals surface area contributed by atoms with Gasteiger partial charge in [0.25, 0.3) is 0 Å². The van der Waals surface area contributed by atoms with Crippen LogP contribution in [0.25, 0.3) is 0 Å². The molecule has 0 aromatic heterocycles. The Labute approximate surface area is 126 Å². The van der Waals surface area contributed by atoms with E-state index in [0.29, 0.717) is 5.78 Å². The van der Waals surface area contributed by atoms with Gasteiger partial charge in [0, 0.05) is 12.1 Å². The van der Waals surface area contributed by atoms with Crippen molar-refractivity contribution in [3.05, 3.63) is 12.3 Å². The number of ketones is 1. The van der Waals surface area contributed by atoms with Gasteiger partial charge in [-0.25, -0.2) is 0 Å². The summed E-state index contributed by atoms with van der Waals surface area (Å²) in [5.41, 5.74) is 6.36. The molecule has 0 saturated carbocycles. The van der Waals surface area contributed by atoms with E-state index in [9.17, 15) is 4.79 Å². The van der Waals surface area contributed by atoms with E-state index < -0.39 is 0 Å². The van der Waals surface area contributed by atoms with E-state index in [1.54, 1.807) is 6.92 Å². The van der Waals surface area contributed by atoms with Crippen molar-refractivity contribution in [2.45, 2.75) is 96.8 Å². The molecule has 20 heavy (non-hydrogen) atoms. The van der Waals surface area contributed by atoms with Gasteiger partial charge >= 0.3 is 0 Å². The van der Waals surface area contributed by atoms with Crippen LogP contribution >= 0.6 is 0 Å². The Kier molecular flexibility index (Phi) is 14.0. The third kappa shape index (κ3) is 17.2. The van der Waals surface area contributed by atoms with E-state index in [0.717, 1.165) is 25.0 Å². The average molecular weight is 281 g/mol. The smallest absolute Gasteiger partial charge is 0.129 e. The number of hydrogen-bond acceptors (Lipinski definition) is 2. The van der Waals surface area contributed by atoms with Crippen LogP contribution in [0.3, 0.4) is 0 Å². The Morgan fingerprint density at radius 2 is 1.00 bits per heavy atom. The third-order valence-electron chi connectivity index (χ3n) is 3.78. The van der Waals surface area contributed by atoms with E-state index in [1.165, 1.54) is 70.6 Å². The topological polar surface area (TPSA) is 43.1 Å². The molecular formula is C18H35NO. The zero-order chi connectivity index (χ0) is 15.1. The Morgan fingerprint density at radius 3 is 1.30 bits per heavy atom. The van der Waals surface area contributed by atoms with Crippen molar-refractivity contribution in [2.75, 3.05) is 0 Å². The summed E-state index contributed by atoms with van der Waals surface area (Å²) >= 11 is 0. The van der Waals surface area contributed by atoms with Crippen molar-refractivity contribution < 1.29 is 4.79 Å². The minimum Gasteiger partial charge on any atom is -0.403 e. The van der Waals surface area contributed by atoms with Crippen LogP contribution in [0.4, 0.5) is 0 Å². The molecule has 0 spiro atoms. The van der Waals surface area contributed by atoms with Crippen LogP contribution in [0, 0.1) is 0 Å². The highest BCUT2D eigenvalue weighted by Gasteiger charge is 1.95. The molecule has 0 heterocycles.